The summed E-state index contributed by atoms with van der Waals surface area (Å²) in [5.74, 6) is 0. The molecule has 18 heavy (non-hydrogen) atoms. The van der Waals surface area contributed by atoms with Crippen molar-refractivity contribution in [2.24, 2.45) is 0 Å². The Bertz CT molecular complexity index is 461. The lowest BCUT2D eigenvalue weighted by atomic mass is 9.99. The summed E-state index contributed by atoms with van der Waals surface area (Å²) in [6, 6.07) is 13.5. The molecule has 0 aliphatic heterocycles. The van der Waals surface area contributed by atoms with Crippen LogP contribution in [-0.2, 0) is 6.42 Å². The van der Waals surface area contributed by atoms with Gasteiger partial charge in [0.25, 0.3) is 0 Å². The lowest BCUT2D eigenvalue weighted by Crippen LogP contribution is -2.21. The highest BCUT2D eigenvalue weighted by Gasteiger charge is 2.10. The Hall–Kier alpha value is -1.12. The van der Waals surface area contributed by atoms with Gasteiger partial charge in [-0.25, -0.2) is 0 Å². The minimum Gasteiger partial charge on any atom is -0.310 e. The number of aryl methyl sites for hydroxylation is 2. The molecule has 0 saturated heterocycles. The van der Waals surface area contributed by atoms with Crippen LogP contribution < -0.4 is 5.32 Å². The molecule has 2 heteroatoms. The molecule has 1 nitrogen and oxygen atoms in total. The molecule has 0 spiro atoms. The van der Waals surface area contributed by atoms with E-state index in [1.54, 1.807) is 0 Å². The van der Waals surface area contributed by atoms with Crippen LogP contribution in [-0.4, -0.2) is 6.54 Å². The van der Waals surface area contributed by atoms with Crippen molar-refractivity contribution in [1.29, 1.82) is 0 Å². The van der Waals surface area contributed by atoms with Crippen molar-refractivity contribution in [1.82, 2.24) is 5.32 Å². The molecule has 1 aromatic carbocycles. The van der Waals surface area contributed by atoms with Crippen LogP contribution in [0.15, 0.2) is 41.8 Å². The maximum Gasteiger partial charge on any atom is 0.0323 e. The van der Waals surface area contributed by atoms with Gasteiger partial charge in [-0.15, -0.1) is 11.3 Å². The van der Waals surface area contributed by atoms with Crippen molar-refractivity contribution in [3.8, 4) is 0 Å². The average Bonchev–Trinajstić information content (AvgIpc) is 2.81. The molecule has 0 fully saturated rings. The topological polar surface area (TPSA) is 12.0 Å². The van der Waals surface area contributed by atoms with Crippen LogP contribution in [0.2, 0.25) is 0 Å². The van der Waals surface area contributed by atoms with E-state index in [1.807, 2.05) is 11.3 Å². The van der Waals surface area contributed by atoms with Gasteiger partial charge >= 0.3 is 0 Å². The van der Waals surface area contributed by atoms with E-state index in [2.05, 4.69) is 60.9 Å². The molecule has 2 rings (SSSR count). The Balaban J connectivity index is 2.01. The van der Waals surface area contributed by atoms with Crippen molar-refractivity contribution in [3.63, 3.8) is 0 Å². The Morgan fingerprint density at radius 1 is 1.17 bits per heavy atom. The van der Waals surface area contributed by atoms with Crippen molar-refractivity contribution < 1.29 is 0 Å². The number of rotatable bonds is 6. The van der Waals surface area contributed by atoms with Gasteiger partial charge in [0.15, 0.2) is 0 Å². The van der Waals surface area contributed by atoms with E-state index in [4.69, 9.17) is 0 Å². The molecule has 1 heterocycles. The predicted molar refractivity (Wildman–Crippen MR) is 80.2 cm³/mol. The molecule has 0 radical (unpaired) electrons. The van der Waals surface area contributed by atoms with E-state index in [9.17, 15) is 0 Å². The minimum absolute atomic E-state index is 0.468. The summed E-state index contributed by atoms with van der Waals surface area (Å²) in [6.45, 7) is 5.40. The highest BCUT2D eigenvalue weighted by molar-refractivity contribution is 7.10. The standard InChI is InChI=1S/C16H21NS/c1-3-17-16(15-7-5-4-6-8-15)10-9-14-11-12-18-13(14)2/h4-8,11-12,16-17H,3,9-10H2,1-2H3. The lowest BCUT2D eigenvalue weighted by Gasteiger charge is -2.18. The molecule has 1 atom stereocenters. The van der Waals surface area contributed by atoms with Gasteiger partial charge in [0.1, 0.15) is 0 Å². The molecule has 1 unspecified atom stereocenters. The zero-order valence-corrected chi connectivity index (χ0v) is 12.0. The van der Waals surface area contributed by atoms with E-state index in [1.165, 1.54) is 16.0 Å². The van der Waals surface area contributed by atoms with Gasteiger partial charge in [-0.3, -0.25) is 0 Å². The summed E-state index contributed by atoms with van der Waals surface area (Å²) in [7, 11) is 0. The number of thiophene rings is 1. The molecule has 96 valence electrons. The zero-order valence-electron chi connectivity index (χ0n) is 11.1. The molecule has 0 aliphatic carbocycles. The van der Waals surface area contributed by atoms with Crippen LogP contribution in [0.25, 0.3) is 0 Å². The number of hydrogen-bond acceptors (Lipinski definition) is 2. The molecular weight excluding hydrogens is 238 g/mol. The van der Waals surface area contributed by atoms with Gasteiger partial charge in [0.2, 0.25) is 0 Å². The van der Waals surface area contributed by atoms with Gasteiger partial charge in [0, 0.05) is 10.9 Å². The van der Waals surface area contributed by atoms with E-state index >= 15 is 0 Å². The molecule has 1 aromatic heterocycles. The second-order valence-corrected chi connectivity index (χ2v) is 5.68. The molecule has 1 N–H and O–H groups in total. The number of nitrogens with one attached hydrogen (secondary N) is 1. The normalized spacial score (nSPS) is 12.6. The van der Waals surface area contributed by atoms with Crippen LogP contribution in [0, 0.1) is 6.92 Å². The maximum absolute atomic E-state index is 3.58. The Morgan fingerprint density at radius 2 is 1.94 bits per heavy atom. The summed E-state index contributed by atoms with van der Waals surface area (Å²) in [5.41, 5.74) is 2.89. The fraction of sp³-hybridized carbons (Fsp3) is 0.375. The van der Waals surface area contributed by atoms with Crippen molar-refractivity contribution in [2.45, 2.75) is 32.7 Å². The summed E-state index contributed by atoms with van der Waals surface area (Å²) >= 11 is 1.84. The second kappa shape index (κ2) is 6.72. The summed E-state index contributed by atoms with van der Waals surface area (Å²) in [6.07, 6.45) is 2.32. The first-order valence-corrected chi connectivity index (χ1v) is 7.50. The van der Waals surface area contributed by atoms with Gasteiger partial charge in [-0.1, -0.05) is 37.3 Å². The summed E-state index contributed by atoms with van der Waals surface area (Å²) in [4.78, 5) is 1.46. The van der Waals surface area contributed by atoms with Crippen LogP contribution in [0.1, 0.15) is 35.4 Å². The first-order valence-electron chi connectivity index (χ1n) is 6.62. The molecule has 0 aliphatic rings. The third kappa shape index (κ3) is 3.44. The van der Waals surface area contributed by atoms with Crippen LogP contribution in [0.4, 0.5) is 0 Å². The van der Waals surface area contributed by atoms with E-state index in [-0.39, 0.29) is 0 Å². The first-order chi connectivity index (χ1) is 8.81. The summed E-state index contributed by atoms with van der Waals surface area (Å²) < 4.78 is 0. The zero-order chi connectivity index (χ0) is 12.8. The van der Waals surface area contributed by atoms with Crippen LogP contribution >= 0.6 is 11.3 Å². The van der Waals surface area contributed by atoms with Gasteiger partial charge in [-0.05, 0) is 48.9 Å². The van der Waals surface area contributed by atoms with Crippen LogP contribution in [0.5, 0.6) is 0 Å². The lowest BCUT2D eigenvalue weighted by molar-refractivity contribution is 0.515. The average molecular weight is 259 g/mol. The van der Waals surface area contributed by atoms with Gasteiger partial charge in [0.05, 0.1) is 0 Å². The first kappa shape index (κ1) is 13.3. The SMILES string of the molecule is CCNC(CCc1ccsc1C)c1ccccc1. The maximum atomic E-state index is 3.58. The highest BCUT2D eigenvalue weighted by atomic mass is 32.1. The Morgan fingerprint density at radius 3 is 2.56 bits per heavy atom. The quantitative estimate of drug-likeness (QED) is 0.813. The number of benzene rings is 1. The van der Waals surface area contributed by atoms with E-state index < -0.39 is 0 Å². The smallest absolute Gasteiger partial charge is 0.0323 e. The molecular formula is C16H21NS. The highest BCUT2D eigenvalue weighted by Crippen LogP contribution is 2.22. The Labute approximate surface area is 114 Å². The predicted octanol–water partition coefficient (Wildman–Crippen LogP) is 4.34. The molecule has 0 bridgehead atoms. The summed E-state index contributed by atoms with van der Waals surface area (Å²) in [5, 5.41) is 5.77. The fourth-order valence-corrected chi connectivity index (χ4v) is 3.05. The van der Waals surface area contributed by atoms with Crippen molar-refractivity contribution >= 4 is 11.3 Å². The van der Waals surface area contributed by atoms with Gasteiger partial charge in [-0.2, -0.15) is 0 Å². The second-order valence-electron chi connectivity index (χ2n) is 4.56. The fourth-order valence-electron chi connectivity index (χ4n) is 2.29. The third-order valence-corrected chi connectivity index (χ3v) is 4.21. The molecule has 0 saturated carbocycles. The largest absolute Gasteiger partial charge is 0.310 e. The van der Waals surface area contributed by atoms with Crippen LogP contribution in [0.3, 0.4) is 0 Å². The van der Waals surface area contributed by atoms with E-state index in [0.29, 0.717) is 6.04 Å². The van der Waals surface area contributed by atoms with Crippen molar-refractivity contribution in [2.75, 3.05) is 6.54 Å². The monoisotopic (exact) mass is 259 g/mol. The Kier molecular flexibility index (Phi) is 4.97. The van der Waals surface area contributed by atoms with Crippen molar-refractivity contribution in [3.05, 3.63) is 57.8 Å². The molecule has 0 amide bonds. The molecule has 2 aromatic rings. The minimum atomic E-state index is 0.468. The third-order valence-electron chi connectivity index (χ3n) is 3.32. The van der Waals surface area contributed by atoms with Gasteiger partial charge < -0.3 is 5.32 Å². The number of hydrogen-bond donors (Lipinski definition) is 1. The van der Waals surface area contributed by atoms with E-state index in [0.717, 1.165) is 19.4 Å².